The van der Waals surface area contributed by atoms with Crippen molar-refractivity contribution in [1.29, 1.82) is 0 Å². The summed E-state index contributed by atoms with van der Waals surface area (Å²) in [5.41, 5.74) is 2.96. The maximum atomic E-state index is 12.0. The number of likely N-dealkylation sites (tertiary alicyclic amines) is 1. The van der Waals surface area contributed by atoms with E-state index in [9.17, 15) is 9.59 Å². The molecule has 0 N–H and O–H groups in total. The monoisotopic (exact) mass is 401 g/mol. The Bertz CT molecular complexity index is 779. The normalized spacial score (nSPS) is 28.1. The van der Waals surface area contributed by atoms with Crippen LogP contribution in [-0.4, -0.2) is 43.5 Å². The van der Waals surface area contributed by atoms with Gasteiger partial charge in [0.15, 0.2) is 0 Å². The van der Waals surface area contributed by atoms with Crippen molar-refractivity contribution in [2.75, 3.05) is 20.4 Å². The number of likely N-dealkylation sites (N-methyl/N-ethyl adjacent to an activating group) is 1. The summed E-state index contributed by atoms with van der Waals surface area (Å²) in [5.74, 6) is 0.806. The Morgan fingerprint density at radius 3 is 2.90 bits per heavy atom. The van der Waals surface area contributed by atoms with Crippen LogP contribution in [0.5, 0.6) is 5.75 Å². The van der Waals surface area contributed by atoms with E-state index in [-0.39, 0.29) is 11.4 Å². The molecule has 1 aromatic rings. The number of nitrogens with zero attached hydrogens (tertiary/aromatic N) is 1. The molecule has 2 aliphatic carbocycles. The van der Waals surface area contributed by atoms with E-state index in [1.807, 2.05) is 13.0 Å². The summed E-state index contributed by atoms with van der Waals surface area (Å²) >= 11 is 0. The van der Waals surface area contributed by atoms with E-state index >= 15 is 0 Å². The summed E-state index contributed by atoms with van der Waals surface area (Å²) in [4.78, 5) is 25.9. The van der Waals surface area contributed by atoms with Crippen LogP contribution in [0.4, 0.5) is 4.79 Å². The molecule has 1 aliphatic heterocycles. The number of benzene rings is 1. The van der Waals surface area contributed by atoms with Crippen molar-refractivity contribution >= 4 is 12.1 Å². The van der Waals surface area contributed by atoms with Crippen molar-refractivity contribution in [3.8, 4) is 5.75 Å². The molecule has 0 radical (unpaired) electrons. The van der Waals surface area contributed by atoms with Gasteiger partial charge in [0.05, 0.1) is 0 Å². The van der Waals surface area contributed by atoms with Crippen molar-refractivity contribution < 1.29 is 23.8 Å². The van der Waals surface area contributed by atoms with E-state index < -0.39 is 12.9 Å². The Hall–Kier alpha value is -2.08. The molecule has 3 aliphatic rings. The van der Waals surface area contributed by atoms with Crippen LogP contribution in [-0.2, 0) is 26.1 Å². The summed E-state index contributed by atoms with van der Waals surface area (Å²) in [5, 5.41) is 0. The first-order valence-electron chi connectivity index (χ1n) is 10.9. The van der Waals surface area contributed by atoms with Gasteiger partial charge in [0.1, 0.15) is 5.75 Å². The SMILES string of the molecule is CCCC(=O)OCOC(=O)Oc1ccc2c(c1)[C@@]13CCCC[C@H]1[C@@H](C2)N(C)CC3. The summed E-state index contributed by atoms with van der Waals surface area (Å²) in [6.45, 7) is 2.59. The average Bonchev–Trinajstić information content (AvgIpc) is 2.71. The molecule has 158 valence electrons. The minimum Gasteiger partial charge on any atom is -0.428 e. The van der Waals surface area contributed by atoms with Crippen molar-refractivity contribution in [2.45, 2.75) is 69.7 Å². The van der Waals surface area contributed by atoms with Crippen molar-refractivity contribution in [3.63, 3.8) is 0 Å². The molecule has 6 nitrogen and oxygen atoms in total. The number of rotatable bonds is 5. The van der Waals surface area contributed by atoms with Gasteiger partial charge in [-0.05, 0) is 74.9 Å². The highest BCUT2D eigenvalue weighted by atomic mass is 16.8. The molecule has 29 heavy (non-hydrogen) atoms. The van der Waals surface area contributed by atoms with E-state index in [1.165, 1.54) is 43.2 Å². The minimum atomic E-state index is -0.844. The summed E-state index contributed by atoms with van der Waals surface area (Å²) in [7, 11) is 2.26. The van der Waals surface area contributed by atoms with Crippen LogP contribution in [0.3, 0.4) is 0 Å². The van der Waals surface area contributed by atoms with Crippen molar-refractivity contribution in [1.82, 2.24) is 4.90 Å². The fourth-order valence-corrected chi connectivity index (χ4v) is 5.78. The van der Waals surface area contributed by atoms with Crippen LogP contribution in [0.1, 0.15) is 63.0 Å². The average molecular weight is 402 g/mol. The van der Waals surface area contributed by atoms with Gasteiger partial charge in [-0.3, -0.25) is 4.79 Å². The van der Waals surface area contributed by atoms with Gasteiger partial charge in [-0.25, -0.2) is 4.79 Å². The number of carbonyl (C=O) groups excluding carboxylic acids is 2. The van der Waals surface area contributed by atoms with Gasteiger partial charge < -0.3 is 19.1 Å². The molecule has 0 unspecified atom stereocenters. The topological polar surface area (TPSA) is 65.1 Å². The van der Waals surface area contributed by atoms with Crippen molar-refractivity contribution in [3.05, 3.63) is 29.3 Å². The summed E-state index contributed by atoms with van der Waals surface area (Å²) in [6, 6.07) is 6.63. The predicted molar refractivity (Wildman–Crippen MR) is 108 cm³/mol. The first-order chi connectivity index (χ1) is 14.0. The maximum absolute atomic E-state index is 12.0. The maximum Gasteiger partial charge on any atom is 0.516 e. The molecule has 0 spiro atoms. The molecular formula is C23H31NO5. The summed E-state index contributed by atoms with van der Waals surface area (Å²) in [6.07, 6.45) is 7.47. The number of fused-ring (bicyclic) bond motifs is 1. The third kappa shape index (κ3) is 3.87. The zero-order chi connectivity index (χ0) is 20.4. The van der Waals surface area contributed by atoms with Gasteiger partial charge in [0.2, 0.25) is 6.79 Å². The fourth-order valence-electron chi connectivity index (χ4n) is 5.78. The van der Waals surface area contributed by atoms with Gasteiger partial charge in [0.25, 0.3) is 0 Å². The van der Waals surface area contributed by atoms with Crippen LogP contribution in [0.25, 0.3) is 0 Å². The van der Waals surface area contributed by atoms with E-state index in [0.717, 1.165) is 13.0 Å². The molecule has 4 rings (SSSR count). The van der Waals surface area contributed by atoms with Crippen molar-refractivity contribution in [2.24, 2.45) is 5.92 Å². The Kier molecular flexibility index (Phi) is 5.81. The lowest BCUT2D eigenvalue weighted by Crippen LogP contribution is -2.59. The first-order valence-corrected chi connectivity index (χ1v) is 10.9. The Balaban J connectivity index is 1.47. The third-order valence-electron chi connectivity index (χ3n) is 7.14. The Morgan fingerprint density at radius 2 is 2.07 bits per heavy atom. The third-order valence-corrected chi connectivity index (χ3v) is 7.14. The van der Waals surface area contributed by atoms with E-state index in [4.69, 9.17) is 14.2 Å². The predicted octanol–water partition coefficient (Wildman–Crippen LogP) is 4.19. The van der Waals surface area contributed by atoms with Gasteiger partial charge in [-0.2, -0.15) is 0 Å². The highest BCUT2D eigenvalue weighted by molar-refractivity contribution is 5.69. The Labute approximate surface area is 172 Å². The van der Waals surface area contributed by atoms with Gasteiger partial charge in [0, 0.05) is 17.9 Å². The molecule has 1 heterocycles. The van der Waals surface area contributed by atoms with Gasteiger partial charge in [-0.1, -0.05) is 25.8 Å². The van der Waals surface area contributed by atoms with Crippen LogP contribution in [0.2, 0.25) is 0 Å². The lowest BCUT2D eigenvalue weighted by Gasteiger charge is -2.58. The van der Waals surface area contributed by atoms with Crippen LogP contribution in [0, 0.1) is 5.92 Å². The zero-order valence-corrected chi connectivity index (χ0v) is 17.4. The second kappa shape index (κ2) is 8.34. The largest absolute Gasteiger partial charge is 0.516 e. The van der Waals surface area contributed by atoms with Crippen LogP contribution >= 0.6 is 0 Å². The second-order valence-corrected chi connectivity index (χ2v) is 8.71. The summed E-state index contributed by atoms with van der Waals surface area (Å²) < 4.78 is 15.1. The number of carbonyl (C=O) groups is 2. The number of hydrogen-bond donors (Lipinski definition) is 0. The molecule has 1 saturated carbocycles. The standard InChI is InChI=1S/C23H31NO5/c1-3-6-21(25)27-15-28-22(26)29-17-9-8-16-13-20-18-7-4-5-10-23(18,19(16)14-17)11-12-24(20)2/h8-9,14,18,20H,3-7,10-13,15H2,1-2H3/t18-,20+,23+/m0/s1. The smallest absolute Gasteiger partial charge is 0.428 e. The molecule has 3 atom stereocenters. The van der Waals surface area contributed by atoms with Gasteiger partial charge >= 0.3 is 12.1 Å². The molecule has 0 amide bonds. The molecule has 0 aromatic heterocycles. The molecule has 1 aromatic carbocycles. The first kappa shape index (κ1) is 20.2. The minimum absolute atomic E-state index is 0.210. The fraction of sp³-hybridized carbons (Fsp3) is 0.652. The van der Waals surface area contributed by atoms with Crippen LogP contribution in [0.15, 0.2) is 18.2 Å². The van der Waals surface area contributed by atoms with E-state index in [1.54, 1.807) is 0 Å². The van der Waals surface area contributed by atoms with E-state index in [0.29, 0.717) is 30.6 Å². The highest BCUT2D eigenvalue weighted by Gasteiger charge is 2.53. The number of hydrogen-bond acceptors (Lipinski definition) is 6. The number of esters is 1. The van der Waals surface area contributed by atoms with Crippen LogP contribution < -0.4 is 4.74 Å². The number of piperidine rings is 1. The van der Waals surface area contributed by atoms with E-state index in [2.05, 4.69) is 24.1 Å². The molecule has 6 heteroatoms. The quantitative estimate of drug-likeness (QED) is 0.419. The lowest BCUT2D eigenvalue weighted by molar-refractivity contribution is -0.152. The molecule has 2 fully saturated rings. The zero-order valence-electron chi connectivity index (χ0n) is 17.4. The van der Waals surface area contributed by atoms with Gasteiger partial charge in [-0.15, -0.1) is 0 Å². The second-order valence-electron chi connectivity index (χ2n) is 8.71. The molecule has 1 saturated heterocycles. The number of ether oxygens (including phenoxy) is 3. The molecular weight excluding hydrogens is 370 g/mol. The Morgan fingerprint density at radius 1 is 1.21 bits per heavy atom. The highest BCUT2D eigenvalue weighted by Crippen LogP contribution is 2.55. The molecule has 2 bridgehead atoms. The lowest BCUT2D eigenvalue weighted by atomic mass is 9.52.